The van der Waals surface area contributed by atoms with E-state index in [2.05, 4.69) is 239 Å². The molecule has 0 unspecified atom stereocenters. The first-order valence-electron chi connectivity index (χ1n) is 22.5. The summed E-state index contributed by atoms with van der Waals surface area (Å²) in [7, 11) is 0. The van der Waals surface area contributed by atoms with Crippen LogP contribution in [0.2, 0.25) is 0 Å². The zero-order chi connectivity index (χ0) is 43.0. The van der Waals surface area contributed by atoms with Crippen LogP contribution in [0.3, 0.4) is 0 Å². The van der Waals surface area contributed by atoms with Crippen LogP contribution in [0.25, 0.3) is 60.9 Å². The smallest absolute Gasteiger partial charge is 0.0541 e. The summed E-state index contributed by atoms with van der Waals surface area (Å²) in [5.74, 6) is 0. The normalized spacial score (nSPS) is 16.0. The van der Waals surface area contributed by atoms with Gasteiger partial charge in [0.05, 0.1) is 16.7 Å². The molecule has 0 spiro atoms. The molecule has 1 aromatic heterocycles. The minimum absolute atomic E-state index is 0.107. The van der Waals surface area contributed by atoms with Gasteiger partial charge in [-0.15, -0.1) is 0 Å². The highest BCUT2D eigenvalue weighted by atomic mass is 15.2. The van der Waals surface area contributed by atoms with Crippen LogP contribution in [-0.4, -0.2) is 4.57 Å². The van der Waals surface area contributed by atoms with E-state index in [4.69, 9.17) is 0 Å². The lowest BCUT2D eigenvalue weighted by atomic mass is 9.81. The van der Waals surface area contributed by atoms with E-state index in [0.29, 0.717) is 0 Å². The number of hydrogen-bond acceptors (Lipinski definition) is 1. The molecule has 0 saturated heterocycles. The zero-order valence-corrected chi connectivity index (χ0v) is 36.9. The number of anilines is 1. The van der Waals surface area contributed by atoms with Gasteiger partial charge in [-0.2, -0.15) is 0 Å². The van der Waals surface area contributed by atoms with Crippen LogP contribution in [0.4, 0.5) is 5.69 Å². The standard InChI is InChI=1S/C61H52N2/c1-7-17-57(46(8-2)42-30-36-49-47-18-9-13-22-53(47)60(3,4)55(49)38-42)62(45-35-37-50-48-19-10-14-23-54(48)61(5,6)56(50)39-45)43-31-26-40(27-32-43)41-28-33-44(34-29-41)63-58-24-15-11-20-51(58)52-21-12-16-25-59(52)63/h7-26,28-31,33-39H,2,27,32H2,1,3-6H3/b17-7-,57-46-. The molecule has 0 amide bonds. The predicted molar refractivity (Wildman–Crippen MR) is 268 cm³/mol. The number of aromatic nitrogens is 1. The Balaban J connectivity index is 1.03. The summed E-state index contributed by atoms with van der Waals surface area (Å²) < 4.78 is 2.39. The van der Waals surface area contributed by atoms with Crippen LogP contribution >= 0.6 is 0 Å². The fraction of sp³-hybridized carbons (Fsp3) is 0.148. The van der Waals surface area contributed by atoms with E-state index in [1.54, 1.807) is 0 Å². The van der Waals surface area contributed by atoms with E-state index in [1.807, 2.05) is 0 Å². The summed E-state index contributed by atoms with van der Waals surface area (Å²) in [5.41, 5.74) is 22.6. The Kier molecular flexibility index (Phi) is 9.07. The number of benzene rings is 7. The maximum Gasteiger partial charge on any atom is 0.0541 e. The largest absolute Gasteiger partial charge is 0.314 e. The molecule has 0 atom stereocenters. The summed E-state index contributed by atoms with van der Waals surface area (Å²) in [6.45, 7) is 16.1. The number of nitrogens with zero attached hydrogens (tertiary/aromatic N) is 2. The van der Waals surface area contributed by atoms with Crippen molar-refractivity contribution in [2.24, 2.45) is 0 Å². The molecule has 2 heteroatoms. The molecule has 0 bridgehead atoms. The third-order valence-corrected chi connectivity index (χ3v) is 14.3. The van der Waals surface area contributed by atoms with Crippen LogP contribution in [0.1, 0.15) is 80.8 Å². The van der Waals surface area contributed by atoms with Crippen molar-refractivity contribution < 1.29 is 0 Å². The van der Waals surface area contributed by atoms with Crippen LogP contribution < -0.4 is 4.90 Å². The minimum Gasteiger partial charge on any atom is -0.314 e. The van der Waals surface area contributed by atoms with Gasteiger partial charge in [-0.3, -0.25) is 0 Å². The van der Waals surface area contributed by atoms with E-state index >= 15 is 0 Å². The summed E-state index contributed by atoms with van der Waals surface area (Å²) in [6.07, 6.45) is 13.1. The first-order valence-corrected chi connectivity index (χ1v) is 22.5. The molecule has 0 fully saturated rings. The van der Waals surface area contributed by atoms with Gasteiger partial charge in [0.25, 0.3) is 0 Å². The number of allylic oxidation sites excluding steroid dienone is 8. The van der Waals surface area contributed by atoms with Crippen LogP contribution in [0.5, 0.6) is 0 Å². The van der Waals surface area contributed by atoms with Crippen molar-refractivity contribution in [3.63, 3.8) is 0 Å². The van der Waals surface area contributed by atoms with Gasteiger partial charge in [0, 0.05) is 44.2 Å². The Morgan fingerprint density at radius 2 is 1.13 bits per heavy atom. The molecule has 11 rings (SSSR count). The van der Waals surface area contributed by atoms with Gasteiger partial charge in [-0.1, -0.05) is 168 Å². The van der Waals surface area contributed by atoms with Gasteiger partial charge in [-0.05, 0) is 136 Å². The average Bonchev–Trinajstić information content (AvgIpc) is 3.86. The van der Waals surface area contributed by atoms with Gasteiger partial charge >= 0.3 is 0 Å². The highest BCUT2D eigenvalue weighted by Crippen LogP contribution is 2.52. The molecular weight excluding hydrogens is 761 g/mol. The maximum atomic E-state index is 4.50. The molecule has 0 saturated carbocycles. The van der Waals surface area contributed by atoms with Crippen molar-refractivity contribution in [2.45, 2.75) is 58.3 Å². The molecule has 0 radical (unpaired) electrons. The van der Waals surface area contributed by atoms with Gasteiger partial charge in [0.15, 0.2) is 0 Å². The number of hydrogen-bond donors (Lipinski definition) is 0. The quantitative estimate of drug-likeness (QED) is 0.139. The van der Waals surface area contributed by atoms with E-state index < -0.39 is 0 Å². The maximum absolute atomic E-state index is 4.50. The Labute approximate surface area is 372 Å². The predicted octanol–water partition coefficient (Wildman–Crippen LogP) is 16.1. The van der Waals surface area contributed by atoms with Gasteiger partial charge < -0.3 is 9.47 Å². The topological polar surface area (TPSA) is 8.17 Å². The molecule has 0 N–H and O–H groups in total. The fourth-order valence-electron chi connectivity index (χ4n) is 11.1. The number of para-hydroxylation sites is 2. The fourth-order valence-corrected chi connectivity index (χ4v) is 11.1. The summed E-state index contributed by atoms with van der Waals surface area (Å²) >= 11 is 0. The highest BCUT2D eigenvalue weighted by Gasteiger charge is 2.37. The summed E-state index contributed by atoms with van der Waals surface area (Å²) in [6, 6.07) is 58.6. The third kappa shape index (κ3) is 5.99. The molecule has 306 valence electrons. The monoisotopic (exact) mass is 812 g/mol. The van der Waals surface area contributed by atoms with E-state index in [9.17, 15) is 0 Å². The van der Waals surface area contributed by atoms with Crippen LogP contribution in [-0.2, 0) is 10.8 Å². The molecule has 2 nitrogen and oxygen atoms in total. The van der Waals surface area contributed by atoms with Gasteiger partial charge in [0.2, 0.25) is 0 Å². The molecule has 63 heavy (non-hydrogen) atoms. The molecule has 3 aliphatic carbocycles. The van der Waals surface area contributed by atoms with Crippen LogP contribution in [0, 0.1) is 0 Å². The highest BCUT2D eigenvalue weighted by molar-refractivity contribution is 6.09. The Bertz CT molecular complexity index is 3250. The third-order valence-electron chi connectivity index (χ3n) is 14.3. The van der Waals surface area contributed by atoms with E-state index in [0.717, 1.165) is 29.8 Å². The lowest BCUT2D eigenvalue weighted by Crippen LogP contribution is -2.24. The molecular formula is C61H52N2. The second-order valence-corrected chi connectivity index (χ2v) is 18.4. The van der Waals surface area contributed by atoms with Crippen LogP contribution in [0.15, 0.2) is 206 Å². The van der Waals surface area contributed by atoms with E-state index in [1.165, 1.54) is 94.4 Å². The Morgan fingerprint density at radius 1 is 0.571 bits per heavy atom. The SMILES string of the molecule is C=C/C(=C(\C=C/C)N(C1=CC=C(c2ccc(-n3c4ccccc4c4ccccc43)cc2)CC1)c1ccc2c(c1)C(C)(C)c1ccccc1-2)c1ccc2c(c1)C(C)(C)c1ccccc1-2. The summed E-state index contributed by atoms with van der Waals surface area (Å²) in [4.78, 5) is 2.52. The molecule has 8 aromatic rings. The van der Waals surface area contributed by atoms with Crippen molar-refractivity contribution in [3.8, 4) is 27.9 Å². The lowest BCUT2D eigenvalue weighted by molar-refractivity contribution is 0.660. The van der Waals surface area contributed by atoms with Gasteiger partial charge in [0.1, 0.15) is 0 Å². The molecule has 1 heterocycles. The molecule has 0 aliphatic heterocycles. The van der Waals surface area contributed by atoms with Crippen molar-refractivity contribution in [3.05, 3.63) is 239 Å². The number of fused-ring (bicyclic) bond motifs is 9. The average molecular weight is 813 g/mol. The second kappa shape index (κ2) is 14.7. The van der Waals surface area contributed by atoms with Gasteiger partial charge in [-0.25, -0.2) is 0 Å². The summed E-state index contributed by atoms with van der Waals surface area (Å²) in [5, 5.41) is 2.56. The first kappa shape index (κ1) is 38.7. The molecule has 7 aromatic carbocycles. The molecule has 3 aliphatic rings. The van der Waals surface area contributed by atoms with Crippen molar-refractivity contribution in [2.75, 3.05) is 4.90 Å². The first-order chi connectivity index (χ1) is 30.7. The van der Waals surface area contributed by atoms with Crippen molar-refractivity contribution in [1.29, 1.82) is 0 Å². The lowest BCUT2D eigenvalue weighted by Gasteiger charge is -2.33. The number of rotatable bonds is 8. The van der Waals surface area contributed by atoms with Crippen molar-refractivity contribution >= 4 is 38.6 Å². The minimum atomic E-state index is -0.126. The van der Waals surface area contributed by atoms with E-state index in [-0.39, 0.29) is 10.8 Å². The Hall–Kier alpha value is -7.16. The van der Waals surface area contributed by atoms with Crippen molar-refractivity contribution in [1.82, 2.24) is 4.57 Å². The second-order valence-electron chi connectivity index (χ2n) is 18.4. The Morgan fingerprint density at radius 3 is 1.71 bits per heavy atom. The zero-order valence-electron chi connectivity index (χ0n) is 36.9.